The highest BCUT2D eigenvalue weighted by atomic mass is 35.7. The molecule has 1 amide bonds. The van der Waals surface area contributed by atoms with E-state index in [0.717, 1.165) is 12.1 Å². The molecule has 110 valence electrons. The van der Waals surface area contributed by atoms with Crippen molar-refractivity contribution in [2.24, 2.45) is 0 Å². The molecule has 20 heavy (non-hydrogen) atoms. The van der Waals surface area contributed by atoms with Crippen LogP contribution in [0.25, 0.3) is 0 Å². The minimum Gasteiger partial charge on any atom is -0.379 e. The molecule has 1 saturated heterocycles. The second-order valence-electron chi connectivity index (χ2n) is 4.24. The fraction of sp³-hybridized carbons (Fsp3) is 0.364. The van der Waals surface area contributed by atoms with Gasteiger partial charge in [0.2, 0.25) is 0 Å². The van der Waals surface area contributed by atoms with Gasteiger partial charge in [-0.2, -0.15) is 0 Å². The molecule has 0 radical (unpaired) electrons. The van der Waals surface area contributed by atoms with Crippen molar-refractivity contribution in [1.82, 2.24) is 5.32 Å². The van der Waals surface area contributed by atoms with Gasteiger partial charge in [-0.05, 0) is 18.6 Å². The monoisotopic (exact) mass is 341 g/mol. The number of rotatable bonds is 3. The number of hydrogen-bond donors (Lipinski definition) is 1. The SMILES string of the molecule is O=C(NC1CCOC1)c1cc(Cl)cc(S(=O)(=O)Cl)c1F. The summed E-state index contributed by atoms with van der Waals surface area (Å²) in [7, 11) is 0.773. The molecular weight excluding hydrogens is 332 g/mol. The lowest BCUT2D eigenvalue weighted by Crippen LogP contribution is -2.35. The van der Waals surface area contributed by atoms with Gasteiger partial charge >= 0.3 is 0 Å². The third-order valence-electron chi connectivity index (χ3n) is 2.78. The molecule has 2 rings (SSSR count). The van der Waals surface area contributed by atoms with Gasteiger partial charge in [0.05, 0.1) is 18.2 Å². The lowest BCUT2D eigenvalue weighted by Gasteiger charge is -2.12. The van der Waals surface area contributed by atoms with Crippen LogP contribution in [-0.4, -0.2) is 33.6 Å². The Kier molecular flexibility index (Phi) is 4.53. The molecule has 1 aliphatic rings. The van der Waals surface area contributed by atoms with E-state index < -0.39 is 31.2 Å². The van der Waals surface area contributed by atoms with Gasteiger partial charge in [0.15, 0.2) is 5.82 Å². The van der Waals surface area contributed by atoms with Gasteiger partial charge in [-0.1, -0.05) is 11.6 Å². The predicted octanol–water partition coefficient (Wildman–Crippen LogP) is 1.93. The molecule has 0 aromatic heterocycles. The van der Waals surface area contributed by atoms with E-state index in [2.05, 4.69) is 5.32 Å². The summed E-state index contributed by atoms with van der Waals surface area (Å²) in [6.07, 6.45) is 0.606. The average molecular weight is 342 g/mol. The van der Waals surface area contributed by atoms with Crippen molar-refractivity contribution in [1.29, 1.82) is 0 Å². The molecule has 1 heterocycles. The molecule has 1 aromatic rings. The first kappa shape index (κ1) is 15.5. The Morgan fingerprint density at radius 3 is 2.70 bits per heavy atom. The predicted molar refractivity (Wildman–Crippen MR) is 71.1 cm³/mol. The topological polar surface area (TPSA) is 72.5 Å². The molecule has 1 unspecified atom stereocenters. The highest BCUT2D eigenvalue weighted by molar-refractivity contribution is 8.13. The van der Waals surface area contributed by atoms with Gasteiger partial charge < -0.3 is 10.1 Å². The number of halogens is 3. The number of carbonyl (C=O) groups is 1. The van der Waals surface area contributed by atoms with E-state index >= 15 is 0 Å². The molecule has 0 saturated carbocycles. The van der Waals surface area contributed by atoms with Gasteiger partial charge in [-0.15, -0.1) is 0 Å². The number of amides is 1. The van der Waals surface area contributed by atoms with Crippen LogP contribution in [0.1, 0.15) is 16.8 Å². The second-order valence-corrected chi connectivity index (χ2v) is 7.21. The molecule has 1 atom stereocenters. The van der Waals surface area contributed by atoms with Crippen LogP contribution >= 0.6 is 22.3 Å². The van der Waals surface area contributed by atoms with Crippen LogP contribution < -0.4 is 5.32 Å². The molecule has 1 N–H and O–H groups in total. The normalized spacial score (nSPS) is 19.1. The molecule has 1 fully saturated rings. The van der Waals surface area contributed by atoms with Crippen LogP contribution in [-0.2, 0) is 13.8 Å². The van der Waals surface area contributed by atoms with Gasteiger partial charge in [0.1, 0.15) is 4.90 Å². The van der Waals surface area contributed by atoms with Crippen molar-refractivity contribution in [2.75, 3.05) is 13.2 Å². The molecule has 9 heteroatoms. The number of carbonyl (C=O) groups excluding carboxylic acids is 1. The first-order chi connectivity index (χ1) is 9.29. The average Bonchev–Trinajstić information content (AvgIpc) is 2.83. The first-order valence-electron chi connectivity index (χ1n) is 5.61. The number of ether oxygens (including phenoxy) is 1. The summed E-state index contributed by atoms with van der Waals surface area (Å²) in [5.41, 5.74) is -0.469. The molecular formula is C11H10Cl2FNO4S. The molecule has 5 nitrogen and oxygen atoms in total. The Labute approximate surface area is 124 Å². The number of hydrogen-bond acceptors (Lipinski definition) is 4. The smallest absolute Gasteiger partial charge is 0.264 e. The quantitative estimate of drug-likeness (QED) is 0.852. The van der Waals surface area contributed by atoms with E-state index in [9.17, 15) is 17.6 Å². The lowest BCUT2D eigenvalue weighted by molar-refractivity contribution is 0.0925. The maximum absolute atomic E-state index is 14.1. The molecule has 1 aliphatic heterocycles. The minimum atomic E-state index is -4.33. The Balaban J connectivity index is 2.36. The van der Waals surface area contributed by atoms with Gasteiger partial charge in [-0.3, -0.25) is 4.79 Å². The number of benzene rings is 1. The molecule has 0 aliphatic carbocycles. The van der Waals surface area contributed by atoms with Crippen LogP contribution in [0.15, 0.2) is 17.0 Å². The zero-order valence-electron chi connectivity index (χ0n) is 10.0. The van der Waals surface area contributed by atoms with Gasteiger partial charge in [-0.25, -0.2) is 12.8 Å². The van der Waals surface area contributed by atoms with E-state index in [0.29, 0.717) is 19.6 Å². The standard InChI is InChI=1S/C11H10Cl2FNO4S/c12-6-3-8(10(14)9(4-6)20(13,17)18)11(16)15-7-1-2-19-5-7/h3-4,7H,1-2,5H2,(H,15,16). The molecule has 0 spiro atoms. The summed E-state index contributed by atoms with van der Waals surface area (Å²) in [5.74, 6) is -1.98. The zero-order chi connectivity index (χ0) is 14.9. The summed E-state index contributed by atoms with van der Waals surface area (Å²) in [6, 6.07) is 1.67. The largest absolute Gasteiger partial charge is 0.379 e. The zero-order valence-corrected chi connectivity index (χ0v) is 12.4. The van der Waals surface area contributed by atoms with E-state index in [1.165, 1.54) is 0 Å². The van der Waals surface area contributed by atoms with Crippen LogP contribution in [0.3, 0.4) is 0 Å². The van der Waals surface area contributed by atoms with Gasteiger partial charge in [0, 0.05) is 22.3 Å². The molecule has 1 aromatic carbocycles. The Morgan fingerprint density at radius 2 is 2.15 bits per heavy atom. The van der Waals surface area contributed by atoms with E-state index in [-0.39, 0.29) is 11.1 Å². The van der Waals surface area contributed by atoms with Crippen molar-refractivity contribution >= 4 is 37.2 Å². The molecule has 0 bridgehead atoms. The first-order valence-corrected chi connectivity index (χ1v) is 8.30. The van der Waals surface area contributed by atoms with Crippen molar-refractivity contribution in [3.05, 3.63) is 28.5 Å². The highest BCUT2D eigenvalue weighted by Gasteiger charge is 2.26. The van der Waals surface area contributed by atoms with Crippen LogP contribution in [0.4, 0.5) is 4.39 Å². The van der Waals surface area contributed by atoms with E-state index in [1.807, 2.05) is 0 Å². The van der Waals surface area contributed by atoms with E-state index in [1.54, 1.807) is 0 Å². The summed E-state index contributed by atoms with van der Waals surface area (Å²) in [6.45, 7) is 0.832. The van der Waals surface area contributed by atoms with E-state index in [4.69, 9.17) is 27.0 Å². The third kappa shape index (κ3) is 3.41. The third-order valence-corrected chi connectivity index (χ3v) is 4.32. The van der Waals surface area contributed by atoms with Crippen molar-refractivity contribution in [3.8, 4) is 0 Å². The van der Waals surface area contributed by atoms with Gasteiger partial charge in [0.25, 0.3) is 15.0 Å². The fourth-order valence-electron chi connectivity index (χ4n) is 1.82. The van der Waals surface area contributed by atoms with Crippen LogP contribution in [0.2, 0.25) is 5.02 Å². The van der Waals surface area contributed by atoms with Crippen LogP contribution in [0, 0.1) is 5.82 Å². The summed E-state index contributed by atoms with van der Waals surface area (Å²) < 4.78 is 41.6. The summed E-state index contributed by atoms with van der Waals surface area (Å²) in [4.78, 5) is 11.1. The Bertz CT molecular complexity index is 644. The second kappa shape index (κ2) is 5.85. The maximum Gasteiger partial charge on any atom is 0.264 e. The summed E-state index contributed by atoms with van der Waals surface area (Å²) >= 11 is 5.69. The van der Waals surface area contributed by atoms with Crippen molar-refractivity contribution in [2.45, 2.75) is 17.4 Å². The minimum absolute atomic E-state index is 0.0987. The fourth-order valence-corrected chi connectivity index (χ4v) is 3.03. The summed E-state index contributed by atoms with van der Waals surface area (Å²) in [5, 5.41) is 2.44. The van der Waals surface area contributed by atoms with Crippen LogP contribution in [0.5, 0.6) is 0 Å². The van der Waals surface area contributed by atoms with Crippen molar-refractivity contribution in [3.63, 3.8) is 0 Å². The van der Waals surface area contributed by atoms with Crippen molar-refractivity contribution < 1.29 is 22.3 Å². The lowest BCUT2D eigenvalue weighted by atomic mass is 10.1. The number of nitrogens with one attached hydrogen (secondary N) is 1. The Hall–Kier alpha value is -0.890. The maximum atomic E-state index is 14.1. The Morgan fingerprint density at radius 1 is 1.45 bits per heavy atom. The highest BCUT2D eigenvalue weighted by Crippen LogP contribution is 2.26.